The van der Waals surface area contributed by atoms with Gasteiger partial charge < -0.3 is 0 Å². The molecule has 0 aliphatic carbocycles. The van der Waals surface area contributed by atoms with Crippen molar-refractivity contribution in [1.29, 1.82) is 0 Å². The van der Waals surface area contributed by atoms with Crippen LogP contribution in [0.2, 0.25) is 0 Å². The van der Waals surface area contributed by atoms with Crippen LogP contribution in [0.1, 0.15) is 11.3 Å². The molecular formula is C11H10F3N3. The molecule has 2 aromatic rings. The Labute approximate surface area is 95.9 Å². The third kappa shape index (κ3) is 2.30. The highest BCUT2D eigenvalue weighted by molar-refractivity contribution is 5.55. The maximum absolute atomic E-state index is 12.3. The van der Waals surface area contributed by atoms with E-state index >= 15 is 0 Å². The minimum atomic E-state index is -4.35. The SMILES string of the molecule is Cc1cc(-c2ccc(C(F)(F)F)cn2)n(C)n1. The first-order valence-electron chi connectivity index (χ1n) is 4.92. The van der Waals surface area contributed by atoms with Crippen LogP contribution < -0.4 is 0 Å². The molecule has 6 heteroatoms. The van der Waals surface area contributed by atoms with E-state index in [0.29, 0.717) is 11.4 Å². The summed E-state index contributed by atoms with van der Waals surface area (Å²) in [4.78, 5) is 3.81. The lowest BCUT2D eigenvalue weighted by atomic mass is 10.2. The Morgan fingerprint density at radius 2 is 1.94 bits per heavy atom. The highest BCUT2D eigenvalue weighted by atomic mass is 19.4. The van der Waals surface area contributed by atoms with Gasteiger partial charge in [0.2, 0.25) is 0 Å². The Kier molecular flexibility index (Phi) is 2.65. The number of pyridine rings is 1. The summed E-state index contributed by atoms with van der Waals surface area (Å²) in [7, 11) is 1.72. The topological polar surface area (TPSA) is 30.7 Å². The molecule has 0 aliphatic heterocycles. The number of aryl methyl sites for hydroxylation is 2. The maximum Gasteiger partial charge on any atom is 0.417 e. The molecule has 2 aromatic heterocycles. The second kappa shape index (κ2) is 3.87. The van der Waals surface area contributed by atoms with E-state index in [1.807, 2.05) is 6.92 Å². The fraction of sp³-hybridized carbons (Fsp3) is 0.273. The lowest BCUT2D eigenvalue weighted by Gasteiger charge is -2.06. The number of hydrogen-bond donors (Lipinski definition) is 0. The number of hydrogen-bond acceptors (Lipinski definition) is 2. The van der Waals surface area contributed by atoms with E-state index in [4.69, 9.17) is 0 Å². The molecule has 0 saturated heterocycles. The van der Waals surface area contributed by atoms with Crippen molar-refractivity contribution < 1.29 is 13.2 Å². The van der Waals surface area contributed by atoms with Crippen molar-refractivity contribution in [2.24, 2.45) is 7.05 Å². The summed E-state index contributed by atoms with van der Waals surface area (Å²) in [6.45, 7) is 1.81. The van der Waals surface area contributed by atoms with E-state index in [9.17, 15) is 13.2 Å². The molecule has 2 heterocycles. The van der Waals surface area contributed by atoms with Gasteiger partial charge in [0.1, 0.15) is 0 Å². The molecule has 0 atom stereocenters. The summed E-state index contributed by atoms with van der Waals surface area (Å²) in [5.74, 6) is 0. The standard InChI is InChI=1S/C11H10F3N3/c1-7-5-10(17(2)16-7)9-4-3-8(6-15-9)11(12,13)14/h3-6H,1-2H3. The zero-order chi connectivity index (χ0) is 12.6. The second-order valence-corrected chi connectivity index (χ2v) is 3.72. The van der Waals surface area contributed by atoms with E-state index in [-0.39, 0.29) is 0 Å². The van der Waals surface area contributed by atoms with Crippen LogP contribution in [0.4, 0.5) is 13.2 Å². The van der Waals surface area contributed by atoms with E-state index < -0.39 is 11.7 Å². The lowest BCUT2D eigenvalue weighted by molar-refractivity contribution is -0.137. The Hall–Kier alpha value is -1.85. The maximum atomic E-state index is 12.3. The molecule has 0 amide bonds. The summed E-state index contributed by atoms with van der Waals surface area (Å²) < 4.78 is 38.6. The van der Waals surface area contributed by atoms with Crippen LogP contribution in [0, 0.1) is 6.92 Å². The average Bonchev–Trinajstić information content (AvgIpc) is 2.57. The Balaban J connectivity index is 2.39. The Bertz CT molecular complexity index is 526. The van der Waals surface area contributed by atoms with Gasteiger partial charge in [-0.3, -0.25) is 9.67 Å². The van der Waals surface area contributed by atoms with Gasteiger partial charge in [0.25, 0.3) is 0 Å². The van der Waals surface area contributed by atoms with E-state index in [1.165, 1.54) is 6.07 Å². The van der Waals surface area contributed by atoms with Crippen molar-refractivity contribution in [1.82, 2.24) is 14.8 Å². The summed E-state index contributed by atoms with van der Waals surface area (Å²) in [5, 5.41) is 4.11. The minimum absolute atomic E-state index is 0.473. The summed E-state index contributed by atoms with van der Waals surface area (Å²) in [6, 6.07) is 4.14. The average molecular weight is 241 g/mol. The number of aromatic nitrogens is 3. The third-order valence-corrected chi connectivity index (χ3v) is 2.36. The van der Waals surface area contributed by atoms with E-state index in [2.05, 4.69) is 10.1 Å². The predicted octanol–water partition coefficient (Wildman–Crippen LogP) is 2.81. The summed E-state index contributed by atoms with van der Waals surface area (Å²) in [6.07, 6.45) is -3.52. The normalized spacial score (nSPS) is 11.8. The Morgan fingerprint density at radius 3 is 2.35 bits per heavy atom. The van der Waals surface area contributed by atoms with Gasteiger partial charge in [-0.1, -0.05) is 0 Å². The monoisotopic (exact) mass is 241 g/mol. The molecular weight excluding hydrogens is 231 g/mol. The van der Waals surface area contributed by atoms with Gasteiger partial charge >= 0.3 is 6.18 Å². The molecule has 0 aromatic carbocycles. The molecule has 17 heavy (non-hydrogen) atoms. The molecule has 2 rings (SSSR count). The summed E-state index contributed by atoms with van der Waals surface area (Å²) >= 11 is 0. The van der Waals surface area contributed by atoms with Crippen LogP contribution in [-0.4, -0.2) is 14.8 Å². The molecule has 90 valence electrons. The predicted molar refractivity (Wildman–Crippen MR) is 56.2 cm³/mol. The van der Waals surface area contributed by atoms with Crippen LogP contribution in [0.25, 0.3) is 11.4 Å². The van der Waals surface area contributed by atoms with Crippen LogP contribution in [0.5, 0.6) is 0 Å². The lowest BCUT2D eigenvalue weighted by Crippen LogP contribution is -2.05. The molecule has 0 radical (unpaired) electrons. The van der Waals surface area contributed by atoms with Gasteiger partial charge in [-0.25, -0.2) is 0 Å². The first-order chi connectivity index (χ1) is 7.88. The number of halogens is 3. The third-order valence-electron chi connectivity index (χ3n) is 2.36. The molecule has 0 spiro atoms. The number of rotatable bonds is 1. The smallest absolute Gasteiger partial charge is 0.266 e. The van der Waals surface area contributed by atoms with E-state index in [0.717, 1.165) is 18.0 Å². The van der Waals surface area contributed by atoms with Gasteiger partial charge in [-0.05, 0) is 25.1 Å². The minimum Gasteiger partial charge on any atom is -0.266 e. The van der Waals surface area contributed by atoms with Crippen LogP contribution in [0.3, 0.4) is 0 Å². The van der Waals surface area contributed by atoms with Gasteiger partial charge in [-0.15, -0.1) is 0 Å². The van der Waals surface area contributed by atoms with Crippen LogP contribution >= 0.6 is 0 Å². The van der Waals surface area contributed by atoms with E-state index in [1.54, 1.807) is 17.8 Å². The van der Waals surface area contributed by atoms with Crippen molar-refractivity contribution in [3.05, 3.63) is 35.7 Å². The van der Waals surface area contributed by atoms with Gasteiger partial charge in [0.05, 0.1) is 22.6 Å². The fourth-order valence-electron chi connectivity index (χ4n) is 1.56. The van der Waals surface area contributed by atoms with Gasteiger partial charge in [0.15, 0.2) is 0 Å². The first-order valence-corrected chi connectivity index (χ1v) is 4.92. The van der Waals surface area contributed by atoms with Gasteiger partial charge in [0, 0.05) is 13.2 Å². The van der Waals surface area contributed by atoms with Crippen molar-refractivity contribution in [3.63, 3.8) is 0 Å². The second-order valence-electron chi connectivity index (χ2n) is 3.72. The molecule has 0 aliphatic rings. The molecule has 3 nitrogen and oxygen atoms in total. The quantitative estimate of drug-likeness (QED) is 0.768. The molecule has 0 saturated carbocycles. The van der Waals surface area contributed by atoms with Crippen molar-refractivity contribution in [3.8, 4) is 11.4 Å². The zero-order valence-electron chi connectivity index (χ0n) is 9.28. The zero-order valence-corrected chi connectivity index (χ0v) is 9.28. The molecule has 0 unspecified atom stereocenters. The largest absolute Gasteiger partial charge is 0.417 e. The summed E-state index contributed by atoms with van der Waals surface area (Å²) in [5.41, 5.74) is 1.21. The van der Waals surface area contributed by atoms with Crippen molar-refractivity contribution in [2.45, 2.75) is 13.1 Å². The highest BCUT2D eigenvalue weighted by Gasteiger charge is 2.30. The van der Waals surface area contributed by atoms with Gasteiger partial charge in [-0.2, -0.15) is 18.3 Å². The van der Waals surface area contributed by atoms with Crippen molar-refractivity contribution >= 4 is 0 Å². The highest BCUT2D eigenvalue weighted by Crippen LogP contribution is 2.29. The molecule has 0 fully saturated rings. The number of nitrogens with zero attached hydrogens (tertiary/aromatic N) is 3. The Morgan fingerprint density at radius 1 is 1.24 bits per heavy atom. The number of alkyl halides is 3. The fourth-order valence-corrected chi connectivity index (χ4v) is 1.56. The molecule has 0 bridgehead atoms. The van der Waals surface area contributed by atoms with Crippen LogP contribution in [-0.2, 0) is 13.2 Å². The first kappa shape index (κ1) is 11.6. The van der Waals surface area contributed by atoms with Crippen LogP contribution in [0.15, 0.2) is 24.4 Å². The van der Waals surface area contributed by atoms with Crippen molar-refractivity contribution in [2.75, 3.05) is 0 Å². The molecule has 0 N–H and O–H groups in total.